The first-order valence-electron chi connectivity index (χ1n) is 11.6. The maximum atomic E-state index is 12.4. The summed E-state index contributed by atoms with van der Waals surface area (Å²) >= 11 is 0. The van der Waals surface area contributed by atoms with E-state index in [1.165, 1.54) is 36.1 Å². The van der Waals surface area contributed by atoms with Crippen LogP contribution in [-0.2, 0) is 17.8 Å². The van der Waals surface area contributed by atoms with Crippen molar-refractivity contribution in [2.45, 2.75) is 57.9 Å². The topological polar surface area (TPSA) is 54.6 Å². The number of carbonyl (C=O) groups is 1. The summed E-state index contributed by atoms with van der Waals surface area (Å²) in [6, 6.07) is 12.5. The fourth-order valence-electron chi connectivity index (χ4n) is 6.53. The molecule has 0 bridgehead atoms. The Kier molecular flexibility index (Phi) is 5.28. The Morgan fingerprint density at radius 1 is 1.19 bits per heavy atom. The highest BCUT2D eigenvalue weighted by atomic mass is 16.5. The number of aromatic nitrogens is 1. The Balaban J connectivity index is 1.30. The van der Waals surface area contributed by atoms with E-state index in [2.05, 4.69) is 35.7 Å². The van der Waals surface area contributed by atoms with Crippen LogP contribution < -0.4 is 14.7 Å². The predicted molar refractivity (Wildman–Crippen MR) is 120 cm³/mol. The lowest BCUT2D eigenvalue weighted by Gasteiger charge is -2.49. The number of nitrogens with one attached hydrogen (secondary N) is 1. The molecule has 1 aromatic heterocycles. The van der Waals surface area contributed by atoms with Gasteiger partial charge in [0.2, 0.25) is 6.54 Å². The molecule has 2 aromatic rings. The lowest BCUT2D eigenvalue weighted by Crippen LogP contribution is -2.44. The molecule has 162 valence electrons. The van der Waals surface area contributed by atoms with Crippen LogP contribution in [0.2, 0.25) is 0 Å². The zero-order chi connectivity index (χ0) is 21.4. The second kappa shape index (κ2) is 8.10. The van der Waals surface area contributed by atoms with Gasteiger partial charge in [-0.1, -0.05) is 19.1 Å². The van der Waals surface area contributed by atoms with Crippen molar-refractivity contribution in [3.63, 3.8) is 0 Å². The van der Waals surface area contributed by atoms with Gasteiger partial charge in [0, 0.05) is 23.3 Å². The summed E-state index contributed by atoms with van der Waals surface area (Å²) in [4.78, 5) is 12.4. The van der Waals surface area contributed by atoms with E-state index >= 15 is 0 Å². The van der Waals surface area contributed by atoms with Gasteiger partial charge in [0.1, 0.15) is 5.75 Å². The van der Waals surface area contributed by atoms with Crippen molar-refractivity contribution in [1.82, 2.24) is 5.43 Å². The van der Waals surface area contributed by atoms with E-state index in [-0.39, 0.29) is 11.3 Å². The predicted octanol–water partition coefficient (Wildman–Crippen LogP) is 4.01. The normalized spacial score (nSPS) is 30.3. The van der Waals surface area contributed by atoms with Crippen molar-refractivity contribution in [3.05, 3.63) is 59.9 Å². The smallest absolute Gasteiger partial charge is 0.305 e. The van der Waals surface area contributed by atoms with Crippen LogP contribution in [0.1, 0.15) is 56.1 Å². The third kappa shape index (κ3) is 3.64. The Bertz CT molecular complexity index is 1000. The van der Waals surface area contributed by atoms with E-state index in [9.17, 15) is 4.79 Å². The highest BCUT2D eigenvalue weighted by Gasteiger charge is 2.53. The first kappa shape index (κ1) is 20.2. The van der Waals surface area contributed by atoms with Crippen LogP contribution in [0.5, 0.6) is 5.75 Å². The lowest BCUT2D eigenvalue weighted by molar-refractivity contribution is -0.684. The number of rotatable bonds is 4. The van der Waals surface area contributed by atoms with Crippen LogP contribution in [0.15, 0.2) is 53.9 Å². The zero-order valence-corrected chi connectivity index (χ0v) is 18.5. The minimum absolute atomic E-state index is 0.0648. The number of hydrazone groups is 1. The molecule has 5 heteroatoms. The van der Waals surface area contributed by atoms with E-state index < -0.39 is 0 Å². The van der Waals surface area contributed by atoms with Crippen molar-refractivity contribution in [3.8, 4) is 5.75 Å². The summed E-state index contributed by atoms with van der Waals surface area (Å²) in [7, 11) is 1.75. The second-order valence-corrected chi connectivity index (χ2v) is 9.62. The van der Waals surface area contributed by atoms with Gasteiger partial charge in [-0.3, -0.25) is 4.79 Å². The van der Waals surface area contributed by atoms with Gasteiger partial charge >= 0.3 is 5.91 Å². The molecule has 0 unspecified atom stereocenters. The molecule has 5 rings (SSSR count). The number of fused-ring (bicyclic) bond motifs is 5. The van der Waals surface area contributed by atoms with Gasteiger partial charge in [0.15, 0.2) is 12.4 Å². The third-order valence-corrected chi connectivity index (χ3v) is 8.09. The van der Waals surface area contributed by atoms with E-state index in [1.807, 2.05) is 35.2 Å². The van der Waals surface area contributed by atoms with Crippen LogP contribution in [0.4, 0.5) is 0 Å². The van der Waals surface area contributed by atoms with E-state index in [0.717, 1.165) is 25.0 Å². The third-order valence-electron chi connectivity index (χ3n) is 8.09. The molecule has 31 heavy (non-hydrogen) atoms. The molecule has 2 fully saturated rings. The van der Waals surface area contributed by atoms with Crippen LogP contribution in [0.25, 0.3) is 0 Å². The quantitative estimate of drug-likeness (QED) is 0.602. The van der Waals surface area contributed by atoms with Gasteiger partial charge in [0.25, 0.3) is 0 Å². The van der Waals surface area contributed by atoms with Gasteiger partial charge in [-0.15, -0.1) is 0 Å². The first-order valence-corrected chi connectivity index (χ1v) is 11.6. The number of hydrogen-bond acceptors (Lipinski definition) is 3. The molecule has 1 N–H and O–H groups in total. The second-order valence-electron chi connectivity index (χ2n) is 9.62. The van der Waals surface area contributed by atoms with Crippen molar-refractivity contribution < 1.29 is 14.1 Å². The van der Waals surface area contributed by atoms with E-state index in [0.29, 0.717) is 24.3 Å². The SMILES string of the molecule is COc1ccc2c(c1)CC[C@@H]1[C@@H]2CC[C@]2(C)/C(=N/NC(=O)C[n+]3ccccc3)CC[C@@H]12. The Morgan fingerprint density at radius 2 is 2.03 bits per heavy atom. The largest absolute Gasteiger partial charge is 0.497 e. The number of carbonyl (C=O) groups excluding carboxylic acids is 1. The van der Waals surface area contributed by atoms with Gasteiger partial charge < -0.3 is 4.74 Å². The molecule has 0 aliphatic heterocycles. The summed E-state index contributed by atoms with van der Waals surface area (Å²) in [5.41, 5.74) is 7.17. The molecule has 0 spiro atoms. The Morgan fingerprint density at radius 3 is 2.84 bits per heavy atom. The summed E-state index contributed by atoms with van der Waals surface area (Å²) in [5.74, 6) is 2.92. The average molecular weight is 419 g/mol. The summed E-state index contributed by atoms with van der Waals surface area (Å²) < 4.78 is 7.32. The monoisotopic (exact) mass is 418 g/mol. The van der Waals surface area contributed by atoms with Gasteiger partial charge in [0.05, 0.1) is 7.11 Å². The molecule has 5 nitrogen and oxygen atoms in total. The molecule has 4 atom stereocenters. The zero-order valence-electron chi connectivity index (χ0n) is 18.5. The van der Waals surface area contributed by atoms with Gasteiger partial charge in [-0.2, -0.15) is 9.67 Å². The van der Waals surface area contributed by atoms with Gasteiger partial charge in [-0.05, 0) is 79.5 Å². The van der Waals surface area contributed by atoms with Crippen LogP contribution in [0.3, 0.4) is 0 Å². The summed E-state index contributed by atoms with van der Waals surface area (Å²) in [5, 5.41) is 4.67. The first-order chi connectivity index (χ1) is 15.1. The van der Waals surface area contributed by atoms with Gasteiger partial charge in [-0.25, -0.2) is 5.43 Å². The fourth-order valence-corrected chi connectivity index (χ4v) is 6.53. The molecule has 1 aromatic carbocycles. The number of nitrogens with zero attached hydrogens (tertiary/aromatic N) is 2. The van der Waals surface area contributed by atoms with Crippen molar-refractivity contribution in [2.75, 3.05) is 7.11 Å². The molecule has 1 amide bonds. The molecule has 1 heterocycles. The molecule has 0 radical (unpaired) electrons. The Labute approximate surface area is 184 Å². The van der Waals surface area contributed by atoms with Crippen molar-refractivity contribution >= 4 is 11.6 Å². The van der Waals surface area contributed by atoms with Crippen molar-refractivity contribution in [1.29, 1.82) is 0 Å². The molecule has 0 saturated heterocycles. The lowest BCUT2D eigenvalue weighted by atomic mass is 9.55. The number of ether oxygens (including phenoxy) is 1. The van der Waals surface area contributed by atoms with E-state index in [4.69, 9.17) is 4.74 Å². The number of methoxy groups -OCH3 is 1. The minimum Gasteiger partial charge on any atom is -0.497 e. The molecular formula is C26H32N3O2+. The maximum absolute atomic E-state index is 12.4. The number of amides is 1. The number of benzene rings is 1. The average Bonchev–Trinajstić information content (AvgIpc) is 3.14. The standard InChI is InChI=1S/C26H31N3O2/c1-26-13-12-21-20-9-7-19(31-2)16-18(20)6-8-22(21)23(26)10-11-24(26)27-28-25(30)17-29-14-4-3-5-15-29/h3-5,7,9,14-16,21-23H,6,8,10-13,17H2,1-2H3/p+1/b27-24+/t21-,22-,23+,26+/m1/s1. The van der Waals surface area contributed by atoms with Crippen LogP contribution in [0, 0.1) is 17.3 Å². The number of hydrogen-bond donors (Lipinski definition) is 1. The van der Waals surface area contributed by atoms with Crippen molar-refractivity contribution in [2.24, 2.45) is 22.4 Å². The minimum atomic E-state index is -0.0648. The summed E-state index contributed by atoms with van der Waals surface area (Å²) in [6.07, 6.45) is 10.7. The highest BCUT2D eigenvalue weighted by molar-refractivity contribution is 5.93. The fraction of sp³-hybridized carbons (Fsp3) is 0.500. The number of pyridine rings is 1. The van der Waals surface area contributed by atoms with Crippen LogP contribution >= 0.6 is 0 Å². The molecular weight excluding hydrogens is 386 g/mol. The van der Waals surface area contributed by atoms with E-state index in [1.54, 1.807) is 7.11 Å². The molecule has 3 aliphatic rings. The maximum Gasteiger partial charge on any atom is 0.305 e. The number of aryl methyl sites for hydroxylation is 1. The summed E-state index contributed by atoms with van der Waals surface area (Å²) in [6.45, 7) is 2.68. The molecule has 3 aliphatic carbocycles. The molecule has 2 saturated carbocycles. The highest BCUT2D eigenvalue weighted by Crippen LogP contribution is 2.59. The van der Waals surface area contributed by atoms with Crippen LogP contribution in [-0.4, -0.2) is 18.7 Å². The Hall–Kier alpha value is -2.69.